The number of alkyl carbamates (subject to hydrolysis) is 2. The van der Waals surface area contributed by atoms with Gasteiger partial charge >= 0.3 is 24.1 Å². The van der Waals surface area contributed by atoms with E-state index in [2.05, 4.69) is 48.1 Å². The van der Waals surface area contributed by atoms with Gasteiger partial charge in [-0.3, -0.25) is 9.59 Å². The van der Waals surface area contributed by atoms with E-state index in [9.17, 15) is 19.2 Å². The number of esters is 2. The fraction of sp³-hybridized carbons (Fsp3) is 0.882. The standard InChI is InChI=1S/C34H66N4O8/c1-7-17-29(9-3)45-33(41)35-21-13-15-27-43-31(39)19-23-38(26-25-37(11-5)12-6)24-20-32(40)44-28-16-14-22-36-34(42)46-30(10-4)18-8-2/h29-30H,7-28H2,1-6H3,(H,35,41)(H,36,42). The molecule has 0 bridgehead atoms. The fourth-order valence-corrected chi connectivity index (χ4v) is 4.73. The lowest BCUT2D eigenvalue weighted by molar-refractivity contribution is -0.144. The number of likely N-dealkylation sites (N-methyl/N-ethyl adjacent to an activating group) is 1. The second-order valence-corrected chi connectivity index (χ2v) is 11.5. The summed E-state index contributed by atoms with van der Waals surface area (Å²) in [4.78, 5) is 53.0. The maximum absolute atomic E-state index is 12.4. The molecule has 12 nitrogen and oxygen atoms in total. The highest BCUT2D eigenvalue weighted by Gasteiger charge is 2.15. The summed E-state index contributed by atoms with van der Waals surface area (Å²) in [5, 5.41) is 5.51. The van der Waals surface area contributed by atoms with Gasteiger partial charge in [0.1, 0.15) is 12.2 Å². The van der Waals surface area contributed by atoms with E-state index in [4.69, 9.17) is 18.9 Å². The van der Waals surface area contributed by atoms with Crippen LogP contribution in [0.25, 0.3) is 0 Å². The average molecular weight is 659 g/mol. The molecule has 0 saturated carbocycles. The summed E-state index contributed by atoms with van der Waals surface area (Å²) in [7, 11) is 0. The highest BCUT2D eigenvalue weighted by molar-refractivity contribution is 5.70. The zero-order chi connectivity index (χ0) is 34.4. The van der Waals surface area contributed by atoms with Crippen molar-refractivity contribution in [3.63, 3.8) is 0 Å². The predicted octanol–water partition coefficient (Wildman–Crippen LogP) is 5.67. The molecule has 46 heavy (non-hydrogen) atoms. The van der Waals surface area contributed by atoms with Crippen LogP contribution in [0.1, 0.15) is 119 Å². The van der Waals surface area contributed by atoms with Gasteiger partial charge in [0.25, 0.3) is 0 Å². The van der Waals surface area contributed by atoms with Gasteiger partial charge in [0, 0.05) is 39.3 Å². The summed E-state index contributed by atoms with van der Waals surface area (Å²) < 4.78 is 21.6. The van der Waals surface area contributed by atoms with Crippen molar-refractivity contribution >= 4 is 24.1 Å². The number of carbonyl (C=O) groups is 4. The van der Waals surface area contributed by atoms with Gasteiger partial charge in [-0.25, -0.2) is 9.59 Å². The van der Waals surface area contributed by atoms with Crippen LogP contribution in [-0.4, -0.2) is 112 Å². The Morgan fingerprint density at radius 3 is 1.35 bits per heavy atom. The molecule has 0 aliphatic heterocycles. The number of unbranched alkanes of at least 4 members (excludes halogenated alkanes) is 2. The summed E-state index contributed by atoms with van der Waals surface area (Å²) in [5.41, 5.74) is 0. The van der Waals surface area contributed by atoms with Crippen molar-refractivity contribution in [2.45, 2.75) is 131 Å². The first-order chi connectivity index (χ1) is 22.2. The molecule has 0 saturated heterocycles. The topological polar surface area (TPSA) is 136 Å². The Hall–Kier alpha value is -2.60. The molecule has 12 heteroatoms. The molecule has 0 aliphatic rings. The third-order valence-corrected chi connectivity index (χ3v) is 7.78. The monoisotopic (exact) mass is 658 g/mol. The molecule has 0 aliphatic carbocycles. The van der Waals surface area contributed by atoms with Gasteiger partial charge in [0.15, 0.2) is 0 Å². The van der Waals surface area contributed by atoms with Crippen LogP contribution in [0.15, 0.2) is 0 Å². The molecule has 0 rings (SSSR count). The van der Waals surface area contributed by atoms with E-state index in [1.807, 2.05) is 13.8 Å². The third kappa shape index (κ3) is 24.6. The largest absolute Gasteiger partial charge is 0.466 e. The van der Waals surface area contributed by atoms with Crippen molar-refractivity contribution in [1.29, 1.82) is 0 Å². The number of rotatable bonds is 29. The molecule has 2 atom stereocenters. The lowest BCUT2D eigenvalue weighted by Crippen LogP contribution is -2.37. The van der Waals surface area contributed by atoms with Crippen LogP contribution in [0.5, 0.6) is 0 Å². The van der Waals surface area contributed by atoms with E-state index in [-0.39, 0.29) is 37.0 Å². The van der Waals surface area contributed by atoms with Crippen molar-refractivity contribution < 1.29 is 38.1 Å². The van der Waals surface area contributed by atoms with Crippen molar-refractivity contribution in [2.75, 3.05) is 65.6 Å². The van der Waals surface area contributed by atoms with Gasteiger partial charge in [-0.15, -0.1) is 0 Å². The van der Waals surface area contributed by atoms with Crippen LogP contribution >= 0.6 is 0 Å². The normalized spacial score (nSPS) is 12.4. The number of nitrogens with zero attached hydrogens (tertiary/aromatic N) is 2. The van der Waals surface area contributed by atoms with Gasteiger partial charge in [0.2, 0.25) is 0 Å². The first-order valence-electron chi connectivity index (χ1n) is 17.9. The molecule has 2 amide bonds. The number of amides is 2. The molecule has 0 fully saturated rings. The molecule has 2 unspecified atom stereocenters. The van der Waals surface area contributed by atoms with Crippen LogP contribution in [0, 0.1) is 0 Å². The molecule has 0 aromatic heterocycles. The maximum atomic E-state index is 12.4. The Labute approximate surface area is 279 Å². The Morgan fingerprint density at radius 2 is 0.978 bits per heavy atom. The van der Waals surface area contributed by atoms with Crippen LogP contribution < -0.4 is 10.6 Å². The van der Waals surface area contributed by atoms with Crippen molar-refractivity contribution in [1.82, 2.24) is 20.4 Å². The molecular weight excluding hydrogens is 592 g/mol. The second-order valence-electron chi connectivity index (χ2n) is 11.5. The van der Waals surface area contributed by atoms with Crippen molar-refractivity contribution in [3.05, 3.63) is 0 Å². The highest BCUT2D eigenvalue weighted by atomic mass is 16.6. The molecule has 0 spiro atoms. The minimum atomic E-state index is -0.398. The summed E-state index contributed by atoms with van der Waals surface area (Å²) in [5.74, 6) is -0.553. The summed E-state index contributed by atoms with van der Waals surface area (Å²) in [6.45, 7) is 18.3. The first kappa shape index (κ1) is 43.4. The number of carbonyl (C=O) groups excluding carboxylic acids is 4. The number of ether oxygens (including phenoxy) is 4. The lowest BCUT2D eigenvalue weighted by Gasteiger charge is -2.25. The van der Waals surface area contributed by atoms with Gasteiger partial charge in [0.05, 0.1) is 26.1 Å². The number of hydrogen-bond acceptors (Lipinski definition) is 10. The van der Waals surface area contributed by atoms with E-state index in [0.717, 1.165) is 64.7 Å². The van der Waals surface area contributed by atoms with Gasteiger partial charge < -0.3 is 39.4 Å². The van der Waals surface area contributed by atoms with E-state index in [1.54, 1.807) is 0 Å². The predicted molar refractivity (Wildman–Crippen MR) is 181 cm³/mol. The van der Waals surface area contributed by atoms with E-state index in [0.29, 0.717) is 65.1 Å². The molecule has 0 radical (unpaired) electrons. The summed E-state index contributed by atoms with van der Waals surface area (Å²) in [6, 6.07) is 0. The second kappa shape index (κ2) is 29.8. The van der Waals surface area contributed by atoms with E-state index < -0.39 is 12.2 Å². The Balaban J connectivity index is 4.31. The van der Waals surface area contributed by atoms with Crippen molar-refractivity contribution in [3.8, 4) is 0 Å². The van der Waals surface area contributed by atoms with Crippen LogP contribution in [-0.2, 0) is 28.5 Å². The Morgan fingerprint density at radius 1 is 0.565 bits per heavy atom. The Bertz CT molecular complexity index is 741. The van der Waals surface area contributed by atoms with Crippen LogP contribution in [0.2, 0.25) is 0 Å². The summed E-state index contributed by atoms with van der Waals surface area (Å²) in [6.07, 6.45) is 7.49. The zero-order valence-electron chi connectivity index (χ0n) is 29.9. The summed E-state index contributed by atoms with van der Waals surface area (Å²) >= 11 is 0. The smallest absolute Gasteiger partial charge is 0.407 e. The SMILES string of the molecule is CCCC(CC)OC(=O)NCCCCOC(=O)CCN(CCC(=O)OCCCCNC(=O)OC(CC)CCC)CCN(CC)CC. The van der Waals surface area contributed by atoms with Gasteiger partial charge in [-0.2, -0.15) is 0 Å². The Kier molecular flexibility index (Phi) is 28.1. The average Bonchev–Trinajstić information content (AvgIpc) is 3.04. The minimum absolute atomic E-state index is 0.0511. The van der Waals surface area contributed by atoms with Crippen LogP contribution in [0.3, 0.4) is 0 Å². The molecule has 0 heterocycles. The molecule has 2 N–H and O–H groups in total. The van der Waals surface area contributed by atoms with E-state index in [1.165, 1.54) is 0 Å². The third-order valence-electron chi connectivity index (χ3n) is 7.78. The van der Waals surface area contributed by atoms with Gasteiger partial charge in [-0.05, 0) is 64.5 Å². The van der Waals surface area contributed by atoms with E-state index >= 15 is 0 Å². The minimum Gasteiger partial charge on any atom is -0.466 e. The first-order valence-corrected chi connectivity index (χ1v) is 17.9. The fourth-order valence-electron chi connectivity index (χ4n) is 4.73. The maximum Gasteiger partial charge on any atom is 0.407 e. The molecular formula is C34H66N4O8. The molecule has 270 valence electrons. The highest BCUT2D eigenvalue weighted by Crippen LogP contribution is 2.08. The lowest BCUT2D eigenvalue weighted by atomic mass is 10.2. The zero-order valence-corrected chi connectivity index (χ0v) is 29.9. The molecule has 0 aromatic carbocycles. The number of nitrogens with one attached hydrogen (secondary N) is 2. The number of hydrogen-bond donors (Lipinski definition) is 2. The van der Waals surface area contributed by atoms with Gasteiger partial charge in [-0.1, -0.05) is 54.4 Å². The quantitative estimate of drug-likeness (QED) is 0.0588. The van der Waals surface area contributed by atoms with Crippen molar-refractivity contribution in [2.24, 2.45) is 0 Å². The van der Waals surface area contributed by atoms with Crippen LogP contribution in [0.4, 0.5) is 9.59 Å². The molecule has 0 aromatic rings.